The van der Waals surface area contributed by atoms with Crippen LogP contribution in [-0.4, -0.2) is 50.7 Å². The van der Waals surface area contributed by atoms with Gasteiger partial charge in [0.25, 0.3) is 0 Å². The molecule has 0 amide bonds. The maximum Gasteiger partial charge on any atom is 0.227 e. The van der Waals surface area contributed by atoms with E-state index in [1.807, 2.05) is 20.2 Å². The maximum atomic E-state index is 6.14. The number of nitrogens with two attached hydrogens (primary N) is 1. The van der Waals surface area contributed by atoms with E-state index in [-0.39, 0.29) is 0 Å². The van der Waals surface area contributed by atoms with Gasteiger partial charge in [0.1, 0.15) is 0 Å². The van der Waals surface area contributed by atoms with Crippen molar-refractivity contribution in [3.63, 3.8) is 0 Å². The molecule has 3 heterocycles. The van der Waals surface area contributed by atoms with Crippen molar-refractivity contribution in [1.82, 2.24) is 19.5 Å². The summed E-state index contributed by atoms with van der Waals surface area (Å²) in [7, 11) is 0. The summed E-state index contributed by atoms with van der Waals surface area (Å²) in [5, 5.41) is 7.43. The van der Waals surface area contributed by atoms with Gasteiger partial charge in [-0.25, -0.2) is 4.98 Å². The summed E-state index contributed by atoms with van der Waals surface area (Å²) in [4.78, 5) is 17.3. The number of aryl methyl sites for hydroxylation is 1. The Morgan fingerprint density at radius 2 is 1.58 bits per heavy atom. The Kier molecular flexibility index (Phi) is 8.67. The molecule has 1 saturated heterocycles. The molecule has 1 aliphatic heterocycles. The molecule has 3 aromatic rings. The van der Waals surface area contributed by atoms with Gasteiger partial charge in [-0.1, -0.05) is 38.8 Å². The largest absolute Gasteiger partial charge is 0.371 e. The molecule has 4 N–H and O–H groups in total. The third kappa shape index (κ3) is 6.06. The summed E-state index contributed by atoms with van der Waals surface area (Å²) in [5.74, 6) is 1.60. The quantitative estimate of drug-likeness (QED) is 0.366. The number of aromatic nitrogens is 4. The molecule has 2 saturated carbocycles. The van der Waals surface area contributed by atoms with E-state index in [9.17, 15) is 0 Å². The van der Waals surface area contributed by atoms with Crippen LogP contribution in [-0.2, 0) is 0 Å². The lowest BCUT2D eigenvalue weighted by molar-refractivity contribution is 0.410. The summed E-state index contributed by atoms with van der Waals surface area (Å²) in [6.07, 6.45) is 13.4. The Balaban J connectivity index is 0.00000144. The smallest absolute Gasteiger partial charge is 0.227 e. The van der Waals surface area contributed by atoms with Gasteiger partial charge in [0.2, 0.25) is 5.95 Å². The van der Waals surface area contributed by atoms with Crippen molar-refractivity contribution >= 4 is 28.6 Å². The molecule has 3 fully saturated rings. The standard InChI is InChI=1S/C28H40N8.C2H6/c1-19-5-4-8-24(17-19)35-15-13-22(14-16-35)31-26-25-27(36(18-30-25)23-6-2-3-7-23)34-28(33-26)32-21-11-9-20(29)10-12-21;1-2/h4-5,8,17-18,20-23H,2-3,6-7,9-16,29H2,1H3,(H2,31,32,33,34);1-2H3. The number of piperidine rings is 1. The van der Waals surface area contributed by atoms with Gasteiger partial charge in [-0.05, 0) is 76.0 Å². The zero-order valence-electron chi connectivity index (χ0n) is 23.5. The minimum absolute atomic E-state index is 0.332. The Hall–Kier alpha value is -2.87. The van der Waals surface area contributed by atoms with Gasteiger partial charge in [0.05, 0.1) is 6.33 Å². The minimum atomic E-state index is 0.332. The maximum absolute atomic E-state index is 6.14. The Bertz CT molecular complexity index is 1170. The van der Waals surface area contributed by atoms with Gasteiger partial charge >= 0.3 is 0 Å². The molecule has 8 heteroatoms. The van der Waals surface area contributed by atoms with Crippen molar-refractivity contribution in [2.24, 2.45) is 5.73 Å². The van der Waals surface area contributed by atoms with E-state index >= 15 is 0 Å². The number of nitrogens with zero attached hydrogens (tertiary/aromatic N) is 5. The van der Waals surface area contributed by atoms with Crippen molar-refractivity contribution in [3.05, 3.63) is 36.2 Å². The second-order valence-corrected chi connectivity index (χ2v) is 11.2. The number of hydrogen-bond donors (Lipinski definition) is 3. The Morgan fingerprint density at radius 1 is 0.868 bits per heavy atom. The number of anilines is 3. The van der Waals surface area contributed by atoms with Crippen LogP contribution in [0.25, 0.3) is 11.2 Å². The topological polar surface area (TPSA) is 96.9 Å². The number of nitrogens with one attached hydrogen (secondary N) is 2. The molecule has 8 nitrogen and oxygen atoms in total. The van der Waals surface area contributed by atoms with Crippen molar-refractivity contribution in [2.45, 2.75) is 109 Å². The van der Waals surface area contributed by atoms with Crippen LogP contribution in [0.4, 0.5) is 17.5 Å². The first kappa shape index (κ1) is 26.7. The van der Waals surface area contributed by atoms with E-state index in [4.69, 9.17) is 20.7 Å². The minimum Gasteiger partial charge on any atom is -0.371 e. The first-order chi connectivity index (χ1) is 18.6. The molecule has 0 unspecified atom stereocenters. The van der Waals surface area contributed by atoms with Crippen LogP contribution < -0.4 is 21.3 Å². The van der Waals surface area contributed by atoms with Crippen molar-refractivity contribution in [2.75, 3.05) is 28.6 Å². The normalized spacial score (nSPS) is 22.8. The van der Waals surface area contributed by atoms with E-state index in [1.54, 1.807) is 0 Å². The first-order valence-electron chi connectivity index (χ1n) is 15.0. The SMILES string of the molecule is CC.Cc1cccc(N2CCC(Nc3nc(NC4CCC(N)CC4)nc4c3ncn4C3CCCC3)CC2)c1. The fourth-order valence-electron chi connectivity index (χ4n) is 6.28. The molecule has 0 radical (unpaired) electrons. The Morgan fingerprint density at radius 3 is 2.29 bits per heavy atom. The molecule has 0 spiro atoms. The van der Waals surface area contributed by atoms with Gasteiger partial charge in [0.15, 0.2) is 17.0 Å². The molecule has 0 bridgehead atoms. The number of hydrogen-bond acceptors (Lipinski definition) is 7. The number of rotatable bonds is 6. The fourth-order valence-corrected chi connectivity index (χ4v) is 6.28. The molecule has 2 aliphatic carbocycles. The summed E-state index contributed by atoms with van der Waals surface area (Å²) in [6, 6.07) is 10.4. The zero-order chi connectivity index (χ0) is 26.5. The molecular formula is C30H46N8. The van der Waals surface area contributed by atoms with Gasteiger partial charge in [-0.15, -0.1) is 0 Å². The summed E-state index contributed by atoms with van der Waals surface area (Å²) < 4.78 is 2.30. The molecular weight excluding hydrogens is 472 g/mol. The predicted molar refractivity (Wildman–Crippen MR) is 158 cm³/mol. The second kappa shape index (κ2) is 12.3. The van der Waals surface area contributed by atoms with Crippen LogP contribution in [0.1, 0.15) is 89.7 Å². The lowest BCUT2D eigenvalue weighted by atomic mass is 9.92. The van der Waals surface area contributed by atoms with E-state index in [0.717, 1.165) is 74.5 Å². The van der Waals surface area contributed by atoms with Crippen LogP contribution >= 0.6 is 0 Å². The molecule has 38 heavy (non-hydrogen) atoms. The first-order valence-corrected chi connectivity index (χ1v) is 15.0. The summed E-state index contributed by atoms with van der Waals surface area (Å²) >= 11 is 0. The zero-order valence-corrected chi connectivity index (χ0v) is 23.5. The third-order valence-corrected chi connectivity index (χ3v) is 8.45. The molecule has 3 aliphatic rings. The lowest BCUT2D eigenvalue weighted by Crippen LogP contribution is -2.39. The predicted octanol–water partition coefficient (Wildman–Crippen LogP) is 6.04. The van der Waals surface area contributed by atoms with E-state index in [2.05, 4.69) is 51.3 Å². The lowest BCUT2D eigenvalue weighted by Gasteiger charge is -2.34. The van der Waals surface area contributed by atoms with E-state index in [0.29, 0.717) is 24.2 Å². The van der Waals surface area contributed by atoms with Crippen molar-refractivity contribution < 1.29 is 0 Å². The monoisotopic (exact) mass is 518 g/mol. The second-order valence-electron chi connectivity index (χ2n) is 11.2. The van der Waals surface area contributed by atoms with Crippen molar-refractivity contribution in [3.8, 4) is 0 Å². The Labute approximate surface area is 227 Å². The number of imidazole rings is 1. The van der Waals surface area contributed by atoms with Gasteiger partial charge < -0.3 is 25.8 Å². The van der Waals surface area contributed by atoms with Crippen LogP contribution in [0.5, 0.6) is 0 Å². The summed E-state index contributed by atoms with van der Waals surface area (Å²) in [5.41, 5.74) is 10.6. The highest BCUT2D eigenvalue weighted by atomic mass is 15.2. The molecule has 206 valence electrons. The summed E-state index contributed by atoms with van der Waals surface area (Å²) in [6.45, 7) is 8.24. The number of benzene rings is 1. The van der Waals surface area contributed by atoms with Crippen molar-refractivity contribution in [1.29, 1.82) is 0 Å². The highest BCUT2D eigenvalue weighted by Crippen LogP contribution is 2.34. The van der Waals surface area contributed by atoms with Gasteiger partial charge in [0, 0.05) is 42.9 Å². The van der Waals surface area contributed by atoms with Crippen LogP contribution in [0.2, 0.25) is 0 Å². The number of fused-ring (bicyclic) bond motifs is 1. The van der Waals surface area contributed by atoms with Crippen LogP contribution in [0.3, 0.4) is 0 Å². The molecule has 0 atom stereocenters. The average molecular weight is 519 g/mol. The van der Waals surface area contributed by atoms with Crippen LogP contribution in [0.15, 0.2) is 30.6 Å². The van der Waals surface area contributed by atoms with Gasteiger partial charge in [-0.2, -0.15) is 9.97 Å². The average Bonchev–Trinajstić information content (AvgIpc) is 3.62. The molecule has 2 aromatic heterocycles. The highest BCUT2D eigenvalue weighted by Gasteiger charge is 2.26. The van der Waals surface area contributed by atoms with Gasteiger partial charge in [-0.3, -0.25) is 0 Å². The van der Waals surface area contributed by atoms with Crippen LogP contribution in [0, 0.1) is 6.92 Å². The van der Waals surface area contributed by atoms with E-state index in [1.165, 1.54) is 36.9 Å². The molecule has 6 rings (SSSR count). The molecule has 1 aromatic carbocycles. The third-order valence-electron chi connectivity index (χ3n) is 8.45. The van der Waals surface area contributed by atoms with E-state index < -0.39 is 0 Å². The fraction of sp³-hybridized carbons (Fsp3) is 0.633. The highest BCUT2D eigenvalue weighted by molar-refractivity contribution is 5.84.